The Hall–Kier alpha value is -1.26. The number of nitrogens with zero attached hydrogens (tertiary/aromatic N) is 1. The van der Waals surface area contributed by atoms with E-state index in [2.05, 4.69) is 5.32 Å². The van der Waals surface area contributed by atoms with Gasteiger partial charge in [0.15, 0.2) is 0 Å². The minimum Gasteiger partial charge on any atom is -0.450 e. The summed E-state index contributed by atoms with van der Waals surface area (Å²) in [5, 5.41) is 2.64. The molecule has 0 saturated carbocycles. The Morgan fingerprint density at radius 3 is 3.15 bits per heavy atom. The molecule has 74 valence electrons. The topological polar surface area (TPSA) is 58.6 Å². The summed E-state index contributed by atoms with van der Waals surface area (Å²) in [5.41, 5.74) is 0. The number of ether oxygens (including phenoxy) is 1. The third kappa shape index (κ3) is 2.61. The van der Waals surface area contributed by atoms with E-state index in [0.29, 0.717) is 26.1 Å². The third-order valence-corrected chi connectivity index (χ3v) is 2.02. The molecular formula is C8H14N2O3. The van der Waals surface area contributed by atoms with Gasteiger partial charge in [0.05, 0.1) is 6.61 Å². The van der Waals surface area contributed by atoms with Gasteiger partial charge in [0, 0.05) is 19.1 Å². The van der Waals surface area contributed by atoms with Crippen LogP contribution < -0.4 is 5.32 Å². The standard InChI is InChI=1S/C8H14N2O3/c1-2-13-8(12)10-4-3-7(5-10)9-6-11/h6-7H,2-5H2,1H3,(H,9,11). The fourth-order valence-electron chi connectivity index (χ4n) is 1.37. The zero-order chi connectivity index (χ0) is 9.68. The summed E-state index contributed by atoms with van der Waals surface area (Å²) < 4.78 is 4.82. The molecule has 0 bridgehead atoms. The van der Waals surface area contributed by atoms with Gasteiger partial charge in [-0.15, -0.1) is 0 Å². The third-order valence-electron chi connectivity index (χ3n) is 2.02. The molecule has 0 spiro atoms. The highest BCUT2D eigenvalue weighted by molar-refractivity contribution is 5.68. The van der Waals surface area contributed by atoms with E-state index in [1.54, 1.807) is 11.8 Å². The summed E-state index contributed by atoms with van der Waals surface area (Å²) in [6.07, 6.45) is 1.18. The lowest BCUT2D eigenvalue weighted by Gasteiger charge is -2.15. The minimum atomic E-state index is -0.294. The maximum Gasteiger partial charge on any atom is 0.409 e. The van der Waals surface area contributed by atoms with Crippen LogP contribution in [-0.2, 0) is 9.53 Å². The second kappa shape index (κ2) is 4.69. The van der Waals surface area contributed by atoms with Gasteiger partial charge in [0.1, 0.15) is 0 Å². The first-order chi connectivity index (χ1) is 6.27. The van der Waals surface area contributed by atoms with Crippen LogP contribution in [0.4, 0.5) is 4.79 Å². The summed E-state index contributed by atoms with van der Waals surface area (Å²) in [7, 11) is 0. The van der Waals surface area contributed by atoms with Crippen molar-refractivity contribution in [3.8, 4) is 0 Å². The van der Waals surface area contributed by atoms with Crippen molar-refractivity contribution in [3.63, 3.8) is 0 Å². The number of hydrogen-bond donors (Lipinski definition) is 1. The van der Waals surface area contributed by atoms with Crippen molar-refractivity contribution in [2.24, 2.45) is 0 Å². The predicted octanol–water partition coefficient (Wildman–Crippen LogP) is -0.0368. The van der Waals surface area contributed by atoms with Crippen molar-refractivity contribution in [1.82, 2.24) is 10.2 Å². The molecule has 13 heavy (non-hydrogen) atoms. The average molecular weight is 186 g/mol. The molecule has 0 aromatic carbocycles. The van der Waals surface area contributed by atoms with E-state index in [4.69, 9.17) is 4.74 Å². The Labute approximate surface area is 77.0 Å². The zero-order valence-electron chi connectivity index (χ0n) is 7.66. The molecule has 0 radical (unpaired) electrons. The maximum absolute atomic E-state index is 11.2. The summed E-state index contributed by atoms with van der Waals surface area (Å²) in [6, 6.07) is 0.0851. The fourth-order valence-corrected chi connectivity index (χ4v) is 1.37. The number of rotatable bonds is 3. The van der Waals surface area contributed by atoms with Crippen LogP contribution in [0.15, 0.2) is 0 Å². The van der Waals surface area contributed by atoms with Gasteiger partial charge in [0.2, 0.25) is 6.41 Å². The SMILES string of the molecule is CCOC(=O)N1CCC(NC=O)C1. The van der Waals surface area contributed by atoms with Crippen LogP contribution in [-0.4, -0.2) is 43.1 Å². The Kier molecular flexibility index (Phi) is 3.54. The van der Waals surface area contributed by atoms with Gasteiger partial charge in [-0.05, 0) is 13.3 Å². The van der Waals surface area contributed by atoms with E-state index in [9.17, 15) is 9.59 Å². The molecule has 1 aliphatic rings. The Morgan fingerprint density at radius 1 is 1.77 bits per heavy atom. The second-order valence-corrected chi connectivity index (χ2v) is 2.92. The summed E-state index contributed by atoms with van der Waals surface area (Å²) in [5.74, 6) is 0. The minimum absolute atomic E-state index is 0.0851. The molecule has 5 nitrogen and oxygen atoms in total. The Morgan fingerprint density at radius 2 is 2.54 bits per heavy atom. The van der Waals surface area contributed by atoms with E-state index >= 15 is 0 Å². The largest absolute Gasteiger partial charge is 0.450 e. The summed E-state index contributed by atoms with van der Waals surface area (Å²) in [6.45, 7) is 3.37. The van der Waals surface area contributed by atoms with Crippen LogP contribution in [0.2, 0.25) is 0 Å². The average Bonchev–Trinajstić information content (AvgIpc) is 2.54. The maximum atomic E-state index is 11.2. The molecule has 1 saturated heterocycles. The van der Waals surface area contributed by atoms with Gasteiger partial charge in [-0.3, -0.25) is 4.79 Å². The molecule has 1 unspecified atom stereocenters. The molecule has 0 aliphatic carbocycles. The highest BCUT2D eigenvalue weighted by Crippen LogP contribution is 2.09. The number of carbonyl (C=O) groups excluding carboxylic acids is 2. The molecule has 0 aromatic heterocycles. The number of amides is 2. The lowest BCUT2D eigenvalue weighted by atomic mass is 10.3. The van der Waals surface area contributed by atoms with Gasteiger partial charge in [-0.1, -0.05) is 0 Å². The molecule has 1 fully saturated rings. The Balaban J connectivity index is 2.31. The van der Waals surface area contributed by atoms with E-state index in [-0.39, 0.29) is 12.1 Å². The number of hydrogen-bond acceptors (Lipinski definition) is 3. The highest BCUT2D eigenvalue weighted by atomic mass is 16.6. The van der Waals surface area contributed by atoms with Crippen LogP contribution in [0.1, 0.15) is 13.3 Å². The molecule has 1 rings (SSSR count). The summed E-state index contributed by atoms with van der Waals surface area (Å²) in [4.78, 5) is 22.9. The first-order valence-corrected chi connectivity index (χ1v) is 4.39. The smallest absolute Gasteiger partial charge is 0.409 e. The van der Waals surface area contributed by atoms with Crippen molar-refractivity contribution in [1.29, 1.82) is 0 Å². The van der Waals surface area contributed by atoms with Crippen molar-refractivity contribution in [2.45, 2.75) is 19.4 Å². The van der Waals surface area contributed by atoms with E-state index in [0.717, 1.165) is 6.42 Å². The van der Waals surface area contributed by atoms with Crippen LogP contribution in [0, 0.1) is 0 Å². The van der Waals surface area contributed by atoms with Crippen molar-refractivity contribution in [3.05, 3.63) is 0 Å². The van der Waals surface area contributed by atoms with Crippen LogP contribution >= 0.6 is 0 Å². The zero-order valence-corrected chi connectivity index (χ0v) is 7.66. The van der Waals surface area contributed by atoms with Gasteiger partial charge < -0.3 is 15.0 Å². The molecular weight excluding hydrogens is 172 g/mol. The molecule has 1 atom stereocenters. The van der Waals surface area contributed by atoms with E-state index < -0.39 is 0 Å². The monoisotopic (exact) mass is 186 g/mol. The molecule has 1 heterocycles. The van der Waals surface area contributed by atoms with Crippen LogP contribution in [0.3, 0.4) is 0 Å². The van der Waals surface area contributed by atoms with Crippen LogP contribution in [0.5, 0.6) is 0 Å². The number of likely N-dealkylation sites (tertiary alicyclic amines) is 1. The molecule has 0 aromatic rings. The molecule has 5 heteroatoms. The predicted molar refractivity (Wildman–Crippen MR) is 46.2 cm³/mol. The number of carbonyl (C=O) groups is 2. The first kappa shape index (κ1) is 9.83. The fraction of sp³-hybridized carbons (Fsp3) is 0.750. The van der Waals surface area contributed by atoms with Gasteiger partial charge >= 0.3 is 6.09 Å². The molecule has 1 N–H and O–H groups in total. The molecule has 1 aliphatic heterocycles. The number of nitrogens with one attached hydrogen (secondary N) is 1. The normalized spacial score (nSPS) is 21.3. The lowest BCUT2D eigenvalue weighted by Crippen LogP contribution is -2.34. The van der Waals surface area contributed by atoms with Gasteiger partial charge in [-0.25, -0.2) is 4.79 Å². The van der Waals surface area contributed by atoms with Crippen molar-refractivity contribution < 1.29 is 14.3 Å². The van der Waals surface area contributed by atoms with Crippen LogP contribution in [0.25, 0.3) is 0 Å². The van der Waals surface area contributed by atoms with Crippen molar-refractivity contribution >= 4 is 12.5 Å². The highest BCUT2D eigenvalue weighted by Gasteiger charge is 2.26. The summed E-state index contributed by atoms with van der Waals surface area (Å²) >= 11 is 0. The van der Waals surface area contributed by atoms with Gasteiger partial charge in [-0.2, -0.15) is 0 Å². The van der Waals surface area contributed by atoms with E-state index in [1.807, 2.05) is 0 Å². The quantitative estimate of drug-likeness (QED) is 0.629. The van der Waals surface area contributed by atoms with Gasteiger partial charge in [0.25, 0.3) is 0 Å². The van der Waals surface area contributed by atoms with E-state index in [1.165, 1.54) is 0 Å². The second-order valence-electron chi connectivity index (χ2n) is 2.92. The Bertz CT molecular complexity index is 196. The molecule has 2 amide bonds. The first-order valence-electron chi connectivity index (χ1n) is 4.39. The van der Waals surface area contributed by atoms with Crippen molar-refractivity contribution in [2.75, 3.05) is 19.7 Å². The lowest BCUT2D eigenvalue weighted by molar-refractivity contribution is -0.110.